The summed E-state index contributed by atoms with van der Waals surface area (Å²) in [5, 5.41) is 3.52. The third-order valence-corrected chi connectivity index (χ3v) is 2.89. The number of likely N-dealkylation sites (tertiary alicyclic amines) is 1. The van der Waals surface area contributed by atoms with Crippen molar-refractivity contribution in [3.8, 4) is 0 Å². The maximum atomic E-state index is 5.79. The lowest BCUT2D eigenvalue weighted by Gasteiger charge is -2.40. The molecule has 3 heteroatoms. The van der Waals surface area contributed by atoms with Gasteiger partial charge < -0.3 is 16.0 Å². The predicted octanol–water partition coefficient (Wildman–Crippen LogP) is 0.0190. The van der Waals surface area contributed by atoms with E-state index < -0.39 is 0 Å². The van der Waals surface area contributed by atoms with Gasteiger partial charge in [0.25, 0.3) is 0 Å². The van der Waals surface area contributed by atoms with Crippen LogP contribution in [0.3, 0.4) is 0 Å². The van der Waals surface area contributed by atoms with E-state index in [1.54, 1.807) is 0 Å². The van der Waals surface area contributed by atoms with Gasteiger partial charge in [0.05, 0.1) is 0 Å². The highest BCUT2D eigenvalue weighted by molar-refractivity contribution is 4.93. The summed E-state index contributed by atoms with van der Waals surface area (Å²) in [4.78, 5) is 2.37. The van der Waals surface area contributed by atoms with Crippen molar-refractivity contribution in [3.05, 3.63) is 0 Å². The van der Waals surface area contributed by atoms with Crippen molar-refractivity contribution in [2.75, 3.05) is 33.2 Å². The van der Waals surface area contributed by atoms with Gasteiger partial charge in [-0.15, -0.1) is 0 Å². The van der Waals surface area contributed by atoms with Crippen molar-refractivity contribution in [2.24, 2.45) is 5.73 Å². The largest absolute Gasteiger partial charge is 0.329 e. The number of rotatable bonds is 3. The number of hydrogen-bond donors (Lipinski definition) is 2. The SMILES string of the molecule is CCNC1(CN)CCN(C)CC1. The lowest BCUT2D eigenvalue weighted by molar-refractivity contribution is 0.164. The highest BCUT2D eigenvalue weighted by Gasteiger charge is 2.30. The zero-order valence-corrected chi connectivity index (χ0v) is 8.27. The topological polar surface area (TPSA) is 41.3 Å². The van der Waals surface area contributed by atoms with Crippen molar-refractivity contribution in [3.63, 3.8) is 0 Å². The van der Waals surface area contributed by atoms with Gasteiger partial charge in [-0.2, -0.15) is 0 Å². The smallest absolute Gasteiger partial charge is 0.0328 e. The summed E-state index contributed by atoms with van der Waals surface area (Å²) in [5.41, 5.74) is 6.03. The molecule has 0 aromatic carbocycles. The van der Waals surface area contributed by atoms with E-state index in [1.165, 1.54) is 25.9 Å². The normalized spacial score (nSPS) is 24.2. The fourth-order valence-corrected chi connectivity index (χ4v) is 1.87. The molecule has 1 aliphatic rings. The Labute approximate surface area is 75.3 Å². The van der Waals surface area contributed by atoms with E-state index in [0.29, 0.717) is 0 Å². The molecule has 0 bridgehead atoms. The molecular weight excluding hydrogens is 150 g/mol. The summed E-state index contributed by atoms with van der Waals surface area (Å²) < 4.78 is 0. The van der Waals surface area contributed by atoms with Crippen LogP contribution >= 0.6 is 0 Å². The molecule has 72 valence electrons. The Bertz CT molecular complexity index is 128. The van der Waals surface area contributed by atoms with Crippen LogP contribution in [0.1, 0.15) is 19.8 Å². The summed E-state index contributed by atoms with van der Waals surface area (Å²) in [6.45, 7) is 6.29. The van der Waals surface area contributed by atoms with Crippen LogP contribution in [0, 0.1) is 0 Å². The van der Waals surface area contributed by atoms with E-state index in [0.717, 1.165) is 13.1 Å². The van der Waals surface area contributed by atoms with E-state index in [1.807, 2.05) is 0 Å². The molecule has 0 atom stereocenters. The second-order valence-corrected chi connectivity index (χ2v) is 3.82. The minimum atomic E-state index is 0.237. The van der Waals surface area contributed by atoms with Gasteiger partial charge in [0.15, 0.2) is 0 Å². The summed E-state index contributed by atoms with van der Waals surface area (Å²) in [7, 11) is 2.17. The number of likely N-dealkylation sites (N-methyl/N-ethyl adjacent to an activating group) is 1. The van der Waals surface area contributed by atoms with Crippen molar-refractivity contribution in [2.45, 2.75) is 25.3 Å². The third-order valence-electron chi connectivity index (χ3n) is 2.89. The number of nitrogens with two attached hydrogens (primary N) is 1. The van der Waals surface area contributed by atoms with Crippen LogP contribution in [-0.2, 0) is 0 Å². The van der Waals surface area contributed by atoms with Gasteiger partial charge in [-0.3, -0.25) is 0 Å². The zero-order valence-electron chi connectivity index (χ0n) is 8.27. The number of nitrogens with zero attached hydrogens (tertiary/aromatic N) is 1. The first kappa shape index (κ1) is 9.96. The predicted molar refractivity (Wildman–Crippen MR) is 52.2 cm³/mol. The van der Waals surface area contributed by atoms with Crippen molar-refractivity contribution < 1.29 is 0 Å². The Morgan fingerprint density at radius 1 is 1.42 bits per heavy atom. The van der Waals surface area contributed by atoms with Crippen LogP contribution < -0.4 is 11.1 Å². The van der Waals surface area contributed by atoms with E-state index in [-0.39, 0.29) is 5.54 Å². The molecule has 0 unspecified atom stereocenters. The molecule has 1 rings (SSSR count). The molecule has 1 heterocycles. The van der Waals surface area contributed by atoms with E-state index in [2.05, 4.69) is 24.2 Å². The van der Waals surface area contributed by atoms with Crippen LogP contribution in [0.5, 0.6) is 0 Å². The summed E-state index contributed by atoms with van der Waals surface area (Å²) >= 11 is 0. The maximum absolute atomic E-state index is 5.79. The van der Waals surface area contributed by atoms with Gasteiger partial charge in [-0.05, 0) is 39.5 Å². The fourth-order valence-electron chi connectivity index (χ4n) is 1.87. The summed E-state index contributed by atoms with van der Waals surface area (Å²) in [5.74, 6) is 0. The molecule has 0 aliphatic carbocycles. The van der Waals surface area contributed by atoms with Gasteiger partial charge in [-0.25, -0.2) is 0 Å². The highest BCUT2D eigenvalue weighted by Crippen LogP contribution is 2.19. The third kappa shape index (κ3) is 2.19. The lowest BCUT2D eigenvalue weighted by atomic mass is 9.88. The van der Waals surface area contributed by atoms with Crippen molar-refractivity contribution in [1.29, 1.82) is 0 Å². The minimum Gasteiger partial charge on any atom is -0.329 e. The average Bonchev–Trinajstić information content (AvgIpc) is 2.10. The second kappa shape index (κ2) is 4.21. The molecule has 0 amide bonds. The van der Waals surface area contributed by atoms with Crippen molar-refractivity contribution in [1.82, 2.24) is 10.2 Å². The molecule has 12 heavy (non-hydrogen) atoms. The first-order valence-corrected chi connectivity index (χ1v) is 4.86. The monoisotopic (exact) mass is 171 g/mol. The number of piperidine rings is 1. The molecular formula is C9H21N3. The lowest BCUT2D eigenvalue weighted by Crippen LogP contribution is -2.57. The molecule has 3 N–H and O–H groups in total. The quantitative estimate of drug-likeness (QED) is 0.629. The molecule has 0 aromatic heterocycles. The van der Waals surface area contributed by atoms with Crippen LogP contribution in [0.2, 0.25) is 0 Å². The van der Waals surface area contributed by atoms with Gasteiger partial charge in [-0.1, -0.05) is 6.92 Å². The van der Waals surface area contributed by atoms with E-state index in [4.69, 9.17) is 5.73 Å². The Hall–Kier alpha value is -0.120. The number of nitrogens with one attached hydrogen (secondary N) is 1. The molecule has 1 fully saturated rings. The van der Waals surface area contributed by atoms with Crippen LogP contribution in [0.15, 0.2) is 0 Å². The van der Waals surface area contributed by atoms with Crippen molar-refractivity contribution >= 4 is 0 Å². The Balaban J connectivity index is 2.45. The van der Waals surface area contributed by atoms with Crippen LogP contribution in [-0.4, -0.2) is 43.7 Å². The maximum Gasteiger partial charge on any atom is 0.0328 e. The Morgan fingerprint density at radius 3 is 2.42 bits per heavy atom. The summed E-state index contributed by atoms with van der Waals surface area (Å²) in [6, 6.07) is 0. The molecule has 0 spiro atoms. The first-order valence-electron chi connectivity index (χ1n) is 4.86. The Kier molecular flexibility index (Phi) is 3.50. The van der Waals surface area contributed by atoms with Crippen LogP contribution in [0.25, 0.3) is 0 Å². The molecule has 3 nitrogen and oxygen atoms in total. The molecule has 1 aliphatic heterocycles. The van der Waals surface area contributed by atoms with Gasteiger partial charge in [0.2, 0.25) is 0 Å². The minimum absolute atomic E-state index is 0.237. The average molecular weight is 171 g/mol. The van der Waals surface area contributed by atoms with E-state index in [9.17, 15) is 0 Å². The van der Waals surface area contributed by atoms with Gasteiger partial charge in [0, 0.05) is 12.1 Å². The second-order valence-electron chi connectivity index (χ2n) is 3.82. The summed E-state index contributed by atoms with van der Waals surface area (Å²) in [6.07, 6.45) is 2.38. The molecule has 0 radical (unpaired) electrons. The standard InChI is InChI=1S/C9H21N3/c1-3-11-9(8-10)4-6-12(2)7-5-9/h11H,3-8,10H2,1-2H3. The zero-order chi connectivity index (χ0) is 9.03. The van der Waals surface area contributed by atoms with Crippen LogP contribution in [0.4, 0.5) is 0 Å². The molecule has 1 saturated heterocycles. The van der Waals surface area contributed by atoms with Gasteiger partial charge >= 0.3 is 0 Å². The molecule has 0 aromatic rings. The Morgan fingerprint density at radius 2 is 2.00 bits per heavy atom. The molecule has 0 saturated carbocycles. The van der Waals surface area contributed by atoms with Gasteiger partial charge in [0.1, 0.15) is 0 Å². The fraction of sp³-hybridized carbons (Fsp3) is 1.00. The highest BCUT2D eigenvalue weighted by atomic mass is 15.1. The number of hydrogen-bond acceptors (Lipinski definition) is 3. The van der Waals surface area contributed by atoms with E-state index >= 15 is 0 Å². The first-order chi connectivity index (χ1) is 5.72.